The summed E-state index contributed by atoms with van der Waals surface area (Å²) in [7, 11) is 1.68. The molecular formula is C33H41N3O6. The summed E-state index contributed by atoms with van der Waals surface area (Å²) in [6, 6.07) is 15.5. The van der Waals surface area contributed by atoms with E-state index >= 15 is 0 Å². The average Bonchev–Trinajstić information content (AvgIpc) is 3.76. The topological polar surface area (TPSA) is 90.3 Å². The molecule has 1 atom stereocenters. The Morgan fingerprint density at radius 1 is 1.07 bits per heavy atom. The molecule has 0 unspecified atom stereocenters. The number of morpholine rings is 1. The Labute approximate surface area is 247 Å². The lowest BCUT2D eigenvalue weighted by molar-refractivity contribution is -0.150. The fraction of sp³-hybridized carbons (Fsp3) is 0.485. The quantitative estimate of drug-likeness (QED) is 0.249. The van der Waals surface area contributed by atoms with Gasteiger partial charge in [-0.1, -0.05) is 42.5 Å². The molecule has 0 N–H and O–H groups in total. The molecule has 2 fully saturated rings. The number of methoxy groups -OCH3 is 1. The van der Waals surface area contributed by atoms with Gasteiger partial charge in [0.25, 0.3) is 5.91 Å². The van der Waals surface area contributed by atoms with Crippen molar-refractivity contribution in [3.63, 3.8) is 0 Å². The highest BCUT2D eigenvalue weighted by molar-refractivity contribution is 6.16. The lowest BCUT2D eigenvalue weighted by atomic mass is 10.0. The van der Waals surface area contributed by atoms with Gasteiger partial charge >= 0.3 is 6.09 Å². The first-order valence-corrected chi connectivity index (χ1v) is 14.7. The average molecular weight is 576 g/mol. The van der Waals surface area contributed by atoms with E-state index in [2.05, 4.69) is 10.6 Å². The number of rotatable bonds is 10. The van der Waals surface area contributed by atoms with Crippen LogP contribution < -0.4 is 0 Å². The number of ether oxygens (including phenoxy) is 3. The van der Waals surface area contributed by atoms with Crippen molar-refractivity contribution < 1.29 is 28.6 Å². The van der Waals surface area contributed by atoms with Crippen molar-refractivity contribution in [3.8, 4) is 0 Å². The SMILES string of the molecule is COCCCn1cc(C(=O)c2ccccc2)c2ccc(CN(C(=O)[C@H]3CN(C(=O)OC(C)(C)C)CCO3)C3CC3)cc21. The summed E-state index contributed by atoms with van der Waals surface area (Å²) < 4.78 is 18.8. The van der Waals surface area contributed by atoms with E-state index in [0.717, 1.165) is 35.7 Å². The molecule has 1 saturated carbocycles. The van der Waals surface area contributed by atoms with Gasteiger partial charge in [0.15, 0.2) is 11.9 Å². The number of benzene rings is 2. The Morgan fingerprint density at radius 3 is 2.52 bits per heavy atom. The lowest BCUT2D eigenvalue weighted by Gasteiger charge is -2.36. The van der Waals surface area contributed by atoms with E-state index in [-0.39, 0.29) is 30.9 Å². The minimum absolute atomic E-state index is 0.0161. The van der Waals surface area contributed by atoms with Crippen molar-refractivity contribution in [2.45, 2.75) is 70.9 Å². The van der Waals surface area contributed by atoms with E-state index in [1.54, 1.807) is 12.0 Å². The second-order valence-electron chi connectivity index (χ2n) is 12.1. The zero-order valence-electron chi connectivity index (χ0n) is 25.0. The van der Waals surface area contributed by atoms with Crippen LogP contribution in [0.4, 0.5) is 4.79 Å². The predicted octanol–water partition coefficient (Wildman–Crippen LogP) is 5.04. The molecule has 0 bridgehead atoms. The van der Waals surface area contributed by atoms with Gasteiger partial charge in [0, 0.05) is 67.6 Å². The van der Waals surface area contributed by atoms with Crippen LogP contribution in [0.2, 0.25) is 0 Å². The molecule has 3 aromatic rings. The van der Waals surface area contributed by atoms with Crippen molar-refractivity contribution in [2.75, 3.05) is 33.4 Å². The van der Waals surface area contributed by atoms with Crippen molar-refractivity contribution >= 4 is 28.7 Å². The summed E-state index contributed by atoms with van der Waals surface area (Å²) in [6.07, 6.45) is 3.47. The molecule has 0 spiro atoms. The molecule has 2 aromatic carbocycles. The van der Waals surface area contributed by atoms with Crippen LogP contribution in [0.15, 0.2) is 54.7 Å². The van der Waals surface area contributed by atoms with Crippen LogP contribution in [0.3, 0.4) is 0 Å². The molecule has 1 saturated heterocycles. The van der Waals surface area contributed by atoms with Crippen LogP contribution in [-0.4, -0.2) is 83.3 Å². The number of aromatic nitrogens is 1. The Balaban J connectivity index is 1.37. The molecule has 2 amide bonds. The fourth-order valence-electron chi connectivity index (χ4n) is 5.37. The Morgan fingerprint density at radius 2 is 1.83 bits per heavy atom. The van der Waals surface area contributed by atoms with E-state index in [1.165, 1.54) is 0 Å². The van der Waals surface area contributed by atoms with Crippen LogP contribution in [0.25, 0.3) is 10.9 Å². The Hall–Kier alpha value is -3.69. The monoisotopic (exact) mass is 575 g/mol. The van der Waals surface area contributed by atoms with Gasteiger partial charge in [0.1, 0.15) is 5.60 Å². The molecule has 0 radical (unpaired) electrons. The molecule has 9 heteroatoms. The molecule has 224 valence electrons. The third kappa shape index (κ3) is 7.02. The van der Waals surface area contributed by atoms with Gasteiger partial charge in [-0.3, -0.25) is 9.59 Å². The highest BCUT2D eigenvalue weighted by atomic mass is 16.6. The number of hydrogen-bond acceptors (Lipinski definition) is 6. The number of fused-ring (bicyclic) bond motifs is 1. The molecule has 1 aliphatic carbocycles. The summed E-state index contributed by atoms with van der Waals surface area (Å²) in [5, 5.41) is 0.887. The van der Waals surface area contributed by atoms with Crippen molar-refractivity contribution in [2.24, 2.45) is 0 Å². The number of hydrogen-bond donors (Lipinski definition) is 0. The number of carbonyl (C=O) groups excluding carboxylic acids is 3. The molecule has 42 heavy (non-hydrogen) atoms. The van der Waals surface area contributed by atoms with Crippen molar-refractivity contribution in [1.82, 2.24) is 14.4 Å². The van der Waals surface area contributed by atoms with Gasteiger partial charge in [-0.15, -0.1) is 0 Å². The lowest BCUT2D eigenvalue weighted by Crippen LogP contribution is -2.53. The summed E-state index contributed by atoms with van der Waals surface area (Å²) in [6.45, 7) is 8.08. The number of carbonyl (C=O) groups is 3. The van der Waals surface area contributed by atoms with E-state index in [0.29, 0.717) is 37.4 Å². The number of nitrogens with zero attached hydrogens (tertiary/aromatic N) is 3. The zero-order valence-corrected chi connectivity index (χ0v) is 25.0. The summed E-state index contributed by atoms with van der Waals surface area (Å²) >= 11 is 0. The largest absolute Gasteiger partial charge is 0.444 e. The van der Waals surface area contributed by atoms with Gasteiger partial charge in [0.2, 0.25) is 0 Å². The van der Waals surface area contributed by atoms with Crippen LogP contribution in [0, 0.1) is 0 Å². The van der Waals surface area contributed by atoms with Gasteiger partial charge in [-0.05, 0) is 51.7 Å². The fourth-order valence-corrected chi connectivity index (χ4v) is 5.37. The molecule has 5 rings (SSSR count). The van der Waals surface area contributed by atoms with Crippen molar-refractivity contribution in [3.05, 3.63) is 71.4 Å². The first kappa shape index (κ1) is 29.8. The standard InChI is InChI=1S/C33H41N3O6/c1-33(2,3)42-32(39)35-16-18-41-29(22-35)31(38)36(25-12-13-25)20-23-11-14-26-27(30(37)24-9-6-5-7-10-24)21-34(28(26)19-23)15-8-17-40-4/h5-7,9-11,14,19,21,25,29H,8,12-13,15-18,20,22H2,1-4H3/t29-/m1/s1. The third-order valence-electron chi connectivity index (χ3n) is 7.59. The van der Waals surface area contributed by atoms with Gasteiger partial charge in [-0.25, -0.2) is 4.79 Å². The molecule has 2 heterocycles. The smallest absolute Gasteiger partial charge is 0.410 e. The molecule has 2 aliphatic rings. The third-order valence-corrected chi connectivity index (χ3v) is 7.59. The maximum atomic E-state index is 13.8. The maximum Gasteiger partial charge on any atom is 0.410 e. The number of aryl methyl sites for hydroxylation is 1. The first-order valence-electron chi connectivity index (χ1n) is 14.7. The predicted molar refractivity (Wildman–Crippen MR) is 159 cm³/mol. The second-order valence-corrected chi connectivity index (χ2v) is 12.1. The first-order chi connectivity index (χ1) is 20.1. The van der Waals surface area contributed by atoms with Crippen LogP contribution in [0.5, 0.6) is 0 Å². The molecule has 1 aliphatic heterocycles. The van der Waals surface area contributed by atoms with Crippen molar-refractivity contribution in [1.29, 1.82) is 0 Å². The normalized spacial score (nSPS) is 17.3. The number of amides is 2. The van der Waals surface area contributed by atoms with Gasteiger partial charge < -0.3 is 28.6 Å². The van der Waals surface area contributed by atoms with Gasteiger partial charge in [0.05, 0.1) is 13.2 Å². The Bertz CT molecular complexity index is 1420. The number of ketones is 1. The molecule has 9 nitrogen and oxygen atoms in total. The Kier molecular flexibility index (Phi) is 8.99. The van der Waals surface area contributed by atoms with Gasteiger partial charge in [-0.2, -0.15) is 0 Å². The zero-order chi connectivity index (χ0) is 29.9. The minimum Gasteiger partial charge on any atom is -0.444 e. The maximum absolute atomic E-state index is 13.8. The van der Waals surface area contributed by atoms with E-state index in [9.17, 15) is 14.4 Å². The van der Waals surface area contributed by atoms with E-state index in [1.807, 2.05) is 74.3 Å². The van der Waals surface area contributed by atoms with Crippen LogP contribution in [0.1, 0.15) is 61.5 Å². The van der Waals surface area contributed by atoms with E-state index < -0.39 is 17.8 Å². The highest BCUT2D eigenvalue weighted by Crippen LogP contribution is 2.32. The summed E-state index contributed by atoms with van der Waals surface area (Å²) in [5.74, 6) is -0.126. The highest BCUT2D eigenvalue weighted by Gasteiger charge is 2.39. The van der Waals surface area contributed by atoms with Crippen LogP contribution in [-0.2, 0) is 32.1 Å². The van der Waals surface area contributed by atoms with Crippen LogP contribution >= 0.6 is 0 Å². The molecule has 1 aromatic heterocycles. The molecular weight excluding hydrogens is 534 g/mol. The van der Waals surface area contributed by atoms with E-state index in [4.69, 9.17) is 14.2 Å². The second kappa shape index (κ2) is 12.7. The summed E-state index contributed by atoms with van der Waals surface area (Å²) in [5.41, 5.74) is 2.63. The summed E-state index contributed by atoms with van der Waals surface area (Å²) in [4.78, 5) is 43.3. The minimum atomic E-state index is -0.733.